The Morgan fingerprint density at radius 3 is 2.92 bits per heavy atom. The minimum atomic E-state index is 0.130. The van der Waals surface area contributed by atoms with Gasteiger partial charge in [-0.05, 0) is 54.6 Å². The second kappa shape index (κ2) is 7.25. The van der Waals surface area contributed by atoms with Gasteiger partial charge in [-0.25, -0.2) is 9.97 Å². The van der Waals surface area contributed by atoms with E-state index >= 15 is 0 Å². The molecule has 1 unspecified atom stereocenters. The number of nitrogens with one attached hydrogen (secondary N) is 1. The van der Waals surface area contributed by atoms with Crippen LogP contribution in [0.4, 0.5) is 11.5 Å². The van der Waals surface area contributed by atoms with E-state index in [0.717, 1.165) is 47.5 Å². The van der Waals surface area contributed by atoms with Gasteiger partial charge in [0.15, 0.2) is 0 Å². The summed E-state index contributed by atoms with van der Waals surface area (Å²) in [6.45, 7) is 1.49. The molecule has 1 aliphatic heterocycles. The first-order valence-electron chi connectivity index (χ1n) is 8.30. The molecule has 128 valence electrons. The Labute approximate surface area is 151 Å². The van der Waals surface area contributed by atoms with Crippen molar-refractivity contribution < 1.29 is 9.47 Å². The van der Waals surface area contributed by atoms with Crippen molar-refractivity contribution in [1.29, 1.82) is 0 Å². The SMILES string of the molecule is Clc1ccc(Nc2nccc3cc(OC4CCCOC4)ccc23)cn1. The number of benzene rings is 1. The van der Waals surface area contributed by atoms with Gasteiger partial charge in [-0.15, -0.1) is 0 Å². The molecule has 0 spiro atoms. The quantitative estimate of drug-likeness (QED) is 0.694. The van der Waals surface area contributed by atoms with E-state index < -0.39 is 0 Å². The molecule has 5 nitrogen and oxygen atoms in total. The summed E-state index contributed by atoms with van der Waals surface area (Å²) in [5.74, 6) is 1.63. The van der Waals surface area contributed by atoms with E-state index in [1.807, 2.05) is 30.3 Å². The van der Waals surface area contributed by atoms with Crippen LogP contribution >= 0.6 is 11.6 Å². The molecule has 1 saturated heterocycles. The van der Waals surface area contributed by atoms with Crippen molar-refractivity contribution in [2.75, 3.05) is 18.5 Å². The molecule has 25 heavy (non-hydrogen) atoms. The third-order valence-electron chi connectivity index (χ3n) is 4.15. The maximum absolute atomic E-state index is 6.04. The zero-order chi connectivity index (χ0) is 17.1. The molecule has 0 bridgehead atoms. The van der Waals surface area contributed by atoms with Crippen molar-refractivity contribution >= 4 is 33.9 Å². The van der Waals surface area contributed by atoms with Gasteiger partial charge in [-0.2, -0.15) is 0 Å². The predicted molar refractivity (Wildman–Crippen MR) is 98.7 cm³/mol. The molecule has 0 aliphatic carbocycles. The summed E-state index contributed by atoms with van der Waals surface area (Å²) in [4.78, 5) is 8.52. The van der Waals surface area contributed by atoms with Gasteiger partial charge >= 0.3 is 0 Å². The van der Waals surface area contributed by atoms with Crippen molar-refractivity contribution in [3.63, 3.8) is 0 Å². The van der Waals surface area contributed by atoms with E-state index in [9.17, 15) is 0 Å². The predicted octanol–water partition coefficient (Wildman–Crippen LogP) is 4.58. The highest BCUT2D eigenvalue weighted by Gasteiger charge is 2.15. The summed E-state index contributed by atoms with van der Waals surface area (Å²) in [6, 6.07) is 11.6. The molecule has 3 aromatic rings. The number of fused-ring (bicyclic) bond motifs is 1. The van der Waals surface area contributed by atoms with Gasteiger partial charge in [0.1, 0.15) is 22.8 Å². The molecule has 1 fully saturated rings. The minimum Gasteiger partial charge on any atom is -0.488 e. The van der Waals surface area contributed by atoms with E-state index in [2.05, 4.69) is 15.3 Å². The Kier molecular flexibility index (Phi) is 4.68. The molecule has 0 radical (unpaired) electrons. The third kappa shape index (κ3) is 3.83. The molecular weight excluding hydrogens is 338 g/mol. The third-order valence-corrected chi connectivity index (χ3v) is 4.37. The fourth-order valence-corrected chi connectivity index (χ4v) is 3.02. The number of anilines is 2. The summed E-state index contributed by atoms with van der Waals surface area (Å²) < 4.78 is 11.5. The molecule has 4 rings (SSSR count). The lowest BCUT2D eigenvalue weighted by Gasteiger charge is -2.23. The average molecular weight is 356 g/mol. The minimum absolute atomic E-state index is 0.130. The number of nitrogens with zero attached hydrogens (tertiary/aromatic N) is 2. The summed E-state index contributed by atoms with van der Waals surface area (Å²) in [7, 11) is 0. The van der Waals surface area contributed by atoms with Gasteiger partial charge in [0.2, 0.25) is 0 Å². The van der Waals surface area contributed by atoms with Gasteiger partial charge in [0.05, 0.1) is 18.5 Å². The Bertz CT molecular complexity index is 864. The lowest BCUT2D eigenvalue weighted by Crippen LogP contribution is -2.27. The highest BCUT2D eigenvalue weighted by molar-refractivity contribution is 6.29. The Hall–Kier alpha value is -2.37. The fourth-order valence-electron chi connectivity index (χ4n) is 2.91. The molecular formula is C19H18ClN3O2. The van der Waals surface area contributed by atoms with Gasteiger partial charge in [0, 0.05) is 18.2 Å². The topological polar surface area (TPSA) is 56.3 Å². The first-order valence-corrected chi connectivity index (χ1v) is 8.67. The number of pyridine rings is 2. The monoisotopic (exact) mass is 355 g/mol. The van der Waals surface area contributed by atoms with Crippen LogP contribution in [0.2, 0.25) is 5.15 Å². The molecule has 1 aliphatic rings. The summed E-state index contributed by atoms with van der Waals surface area (Å²) in [5, 5.41) is 5.83. The number of hydrogen-bond donors (Lipinski definition) is 1. The van der Waals surface area contributed by atoms with Crippen LogP contribution in [0.5, 0.6) is 5.75 Å². The smallest absolute Gasteiger partial charge is 0.138 e. The van der Waals surface area contributed by atoms with E-state index in [4.69, 9.17) is 21.1 Å². The van der Waals surface area contributed by atoms with E-state index in [-0.39, 0.29) is 6.10 Å². The van der Waals surface area contributed by atoms with Crippen molar-refractivity contribution in [3.8, 4) is 5.75 Å². The fraction of sp³-hybridized carbons (Fsp3) is 0.263. The summed E-state index contributed by atoms with van der Waals surface area (Å²) in [6.07, 6.45) is 5.67. The highest BCUT2D eigenvalue weighted by atomic mass is 35.5. The van der Waals surface area contributed by atoms with Crippen LogP contribution in [0.25, 0.3) is 10.8 Å². The molecule has 0 saturated carbocycles. The maximum atomic E-state index is 6.04. The molecule has 1 N–H and O–H groups in total. The zero-order valence-corrected chi connectivity index (χ0v) is 14.4. The van der Waals surface area contributed by atoms with E-state index in [1.54, 1.807) is 18.5 Å². The van der Waals surface area contributed by atoms with Crippen LogP contribution in [-0.4, -0.2) is 29.3 Å². The van der Waals surface area contributed by atoms with E-state index in [1.165, 1.54) is 0 Å². The first-order chi connectivity index (χ1) is 12.3. The number of rotatable bonds is 4. The summed E-state index contributed by atoms with van der Waals surface area (Å²) in [5.41, 5.74) is 0.837. The van der Waals surface area contributed by atoms with Crippen molar-refractivity contribution in [2.45, 2.75) is 18.9 Å². The number of aromatic nitrogens is 2. The molecule has 6 heteroatoms. The Balaban J connectivity index is 1.57. The first kappa shape index (κ1) is 16.1. The van der Waals surface area contributed by atoms with Crippen molar-refractivity contribution in [3.05, 3.63) is 53.9 Å². The molecule has 1 aromatic carbocycles. The number of hydrogen-bond acceptors (Lipinski definition) is 5. The standard InChI is InChI=1S/C19H18ClN3O2/c20-18-6-3-14(11-22-18)23-19-17-5-4-15(10-13(17)7-8-21-19)25-16-2-1-9-24-12-16/h3-8,10-11,16H,1-2,9,12H2,(H,21,23). The number of ether oxygens (including phenoxy) is 2. The molecule has 2 aromatic heterocycles. The molecule has 1 atom stereocenters. The van der Waals surface area contributed by atoms with Gasteiger partial charge in [-0.3, -0.25) is 0 Å². The number of halogens is 1. The van der Waals surface area contributed by atoms with Crippen LogP contribution in [-0.2, 0) is 4.74 Å². The second-order valence-corrected chi connectivity index (χ2v) is 6.38. The normalized spacial score (nSPS) is 17.4. The zero-order valence-electron chi connectivity index (χ0n) is 13.6. The second-order valence-electron chi connectivity index (χ2n) is 5.99. The van der Waals surface area contributed by atoms with Crippen LogP contribution in [0.3, 0.4) is 0 Å². The van der Waals surface area contributed by atoms with Crippen molar-refractivity contribution in [2.24, 2.45) is 0 Å². The van der Waals surface area contributed by atoms with Crippen LogP contribution < -0.4 is 10.1 Å². The van der Waals surface area contributed by atoms with Gasteiger partial charge in [-0.1, -0.05) is 11.6 Å². The summed E-state index contributed by atoms with van der Waals surface area (Å²) >= 11 is 5.83. The molecule has 3 heterocycles. The van der Waals surface area contributed by atoms with Gasteiger partial charge < -0.3 is 14.8 Å². The van der Waals surface area contributed by atoms with Crippen LogP contribution in [0.15, 0.2) is 48.8 Å². The molecule has 0 amide bonds. The van der Waals surface area contributed by atoms with Crippen LogP contribution in [0, 0.1) is 0 Å². The Morgan fingerprint density at radius 1 is 1.16 bits per heavy atom. The maximum Gasteiger partial charge on any atom is 0.138 e. The van der Waals surface area contributed by atoms with Gasteiger partial charge in [0.25, 0.3) is 0 Å². The van der Waals surface area contributed by atoms with Crippen molar-refractivity contribution in [1.82, 2.24) is 9.97 Å². The lowest BCUT2D eigenvalue weighted by molar-refractivity contribution is 0.00749. The largest absolute Gasteiger partial charge is 0.488 e. The van der Waals surface area contributed by atoms with E-state index in [0.29, 0.717) is 11.8 Å². The average Bonchev–Trinajstić information content (AvgIpc) is 2.64. The highest BCUT2D eigenvalue weighted by Crippen LogP contribution is 2.28. The Morgan fingerprint density at radius 2 is 2.12 bits per heavy atom. The van der Waals surface area contributed by atoms with Crippen LogP contribution in [0.1, 0.15) is 12.8 Å². The lowest BCUT2D eigenvalue weighted by atomic mass is 10.1.